The fourth-order valence-electron chi connectivity index (χ4n) is 4.24. The van der Waals surface area contributed by atoms with Gasteiger partial charge in [0.25, 0.3) is 0 Å². The third-order valence-electron chi connectivity index (χ3n) is 6.29. The molecular weight excluding hydrogens is 596 g/mol. The summed E-state index contributed by atoms with van der Waals surface area (Å²) in [5.74, 6) is 0.275. The SMILES string of the molecule is C[Si](C)(C)CCOCn1c(N2CCN(c3ncccc3C(F)(F)F)CC2)nc2cc(Br)c(C(F)(F)F)cc21. The van der Waals surface area contributed by atoms with Crippen LogP contribution in [0.3, 0.4) is 0 Å². The van der Waals surface area contributed by atoms with Crippen LogP contribution in [0.25, 0.3) is 11.0 Å². The molecule has 0 radical (unpaired) electrons. The number of rotatable bonds is 7. The molecule has 14 heteroatoms. The average Bonchev–Trinajstić information content (AvgIpc) is 3.17. The fraction of sp³-hybridized carbons (Fsp3) is 0.500. The third-order valence-corrected chi connectivity index (χ3v) is 8.65. The smallest absolute Gasteiger partial charge is 0.361 e. The van der Waals surface area contributed by atoms with Gasteiger partial charge in [0.05, 0.1) is 22.2 Å². The lowest BCUT2D eigenvalue weighted by Crippen LogP contribution is -2.48. The van der Waals surface area contributed by atoms with E-state index < -0.39 is 31.6 Å². The van der Waals surface area contributed by atoms with Crippen LogP contribution in [0, 0.1) is 0 Å². The Morgan fingerprint density at radius 1 is 0.947 bits per heavy atom. The maximum Gasteiger partial charge on any atom is 0.419 e. The maximum atomic E-state index is 13.6. The first kappa shape index (κ1) is 28.7. The van der Waals surface area contributed by atoms with Crippen LogP contribution in [0.1, 0.15) is 11.1 Å². The van der Waals surface area contributed by atoms with E-state index in [-0.39, 0.29) is 35.6 Å². The van der Waals surface area contributed by atoms with Crippen LogP contribution in [0.5, 0.6) is 0 Å². The van der Waals surface area contributed by atoms with Gasteiger partial charge in [0.1, 0.15) is 12.5 Å². The summed E-state index contributed by atoms with van der Waals surface area (Å²) in [6, 6.07) is 5.53. The Kier molecular flexibility index (Phi) is 8.06. The molecule has 1 aromatic carbocycles. The quantitative estimate of drug-likeness (QED) is 0.163. The molecule has 2 aromatic heterocycles. The molecule has 6 nitrogen and oxygen atoms in total. The van der Waals surface area contributed by atoms with Crippen LogP contribution < -0.4 is 9.80 Å². The van der Waals surface area contributed by atoms with E-state index in [1.54, 1.807) is 9.47 Å². The molecule has 0 atom stereocenters. The molecule has 0 spiro atoms. The fourth-order valence-corrected chi connectivity index (χ4v) is 5.55. The Labute approximate surface area is 225 Å². The normalized spacial score (nSPS) is 15.5. The van der Waals surface area contributed by atoms with Crippen molar-refractivity contribution in [1.29, 1.82) is 0 Å². The van der Waals surface area contributed by atoms with E-state index in [9.17, 15) is 26.3 Å². The topological polar surface area (TPSA) is 46.4 Å². The minimum atomic E-state index is -4.56. The lowest BCUT2D eigenvalue weighted by molar-refractivity contribution is -0.138. The zero-order valence-corrected chi connectivity index (χ0v) is 23.7. The van der Waals surface area contributed by atoms with Gasteiger partial charge in [-0.1, -0.05) is 35.6 Å². The van der Waals surface area contributed by atoms with Crippen molar-refractivity contribution in [3.8, 4) is 0 Å². The minimum absolute atomic E-state index is 0.00786. The Bertz CT molecular complexity index is 1280. The summed E-state index contributed by atoms with van der Waals surface area (Å²) >= 11 is 3.01. The van der Waals surface area contributed by atoms with Gasteiger partial charge in [-0.2, -0.15) is 26.3 Å². The zero-order valence-electron chi connectivity index (χ0n) is 21.1. The number of imidazole rings is 1. The van der Waals surface area contributed by atoms with Gasteiger partial charge in [0, 0.05) is 51.5 Å². The molecule has 3 heterocycles. The van der Waals surface area contributed by atoms with Crippen molar-refractivity contribution < 1.29 is 31.1 Å². The molecule has 0 amide bonds. The number of nitrogens with zero attached hydrogens (tertiary/aromatic N) is 5. The van der Waals surface area contributed by atoms with Crippen LogP contribution >= 0.6 is 15.9 Å². The first-order valence-corrected chi connectivity index (χ1v) is 16.5. The van der Waals surface area contributed by atoms with E-state index >= 15 is 0 Å². The average molecular weight is 625 g/mol. The maximum absolute atomic E-state index is 13.6. The van der Waals surface area contributed by atoms with Gasteiger partial charge < -0.3 is 14.5 Å². The van der Waals surface area contributed by atoms with Gasteiger partial charge in [0.15, 0.2) is 0 Å². The van der Waals surface area contributed by atoms with Crippen molar-refractivity contribution in [2.45, 2.75) is 44.8 Å². The molecule has 38 heavy (non-hydrogen) atoms. The highest BCUT2D eigenvalue weighted by atomic mass is 79.9. The van der Waals surface area contributed by atoms with Crippen molar-refractivity contribution in [3.63, 3.8) is 0 Å². The number of hydrogen-bond acceptors (Lipinski definition) is 5. The molecule has 0 saturated carbocycles. The summed E-state index contributed by atoms with van der Waals surface area (Å²) in [6.07, 6.45) is -7.78. The number of piperazine rings is 1. The highest BCUT2D eigenvalue weighted by molar-refractivity contribution is 9.10. The summed E-state index contributed by atoms with van der Waals surface area (Å²) in [5.41, 5.74) is -0.990. The molecule has 1 aliphatic rings. The number of pyridine rings is 1. The number of ether oxygens (including phenoxy) is 1. The second-order valence-corrected chi connectivity index (χ2v) is 16.8. The van der Waals surface area contributed by atoms with Crippen LogP contribution in [-0.4, -0.2) is 55.4 Å². The second kappa shape index (κ2) is 10.7. The number of anilines is 2. The molecule has 1 aliphatic heterocycles. The molecule has 1 fully saturated rings. The molecule has 0 aliphatic carbocycles. The van der Waals surface area contributed by atoms with E-state index in [1.165, 1.54) is 18.3 Å². The van der Waals surface area contributed by atoms with Crippen LogP contribution in [0.2, 0.25) is 25.7 Å². The molecular formula is C24H28BrF6N5OSi. The predicted octanol–water partition coefficient (Wildman–Crippen LogP) is 6.87. The minimum Gasteiger partial charge on any atom is -0.361 e. The van der Waals surface area contributed by atoms with Crippen molar-refractivity contribution in [1.82, 2.24) is 14.5 Å². The monoisotopic (exact) mass is 623 g/mol. The van der Waals surface area contributed by atoms with E-state index in [4.69, 9.17) is 4.74 Å². The molecule has 4 rings (SSSR count). The molecule has 0 bridgehead atoms. The first-order valence-electron chi connectivity index (χ1n) is 12.0. The van der Waals surface area contributed by atoms with Gasteiger partial charge in [-0.25, -0.2) is 9.97 Å². The van der Waals surface area contributed by atoms with Crippen LogP contribution in [-0.2, 0) is 23.8 Å². The number of fused-ring (bicyclic) bond motifs is 1. The van der Waals surface area contributed by atoms with E-state index in [1.807, 2.05) is 4.90 Å². The van der Waals surface area contributed by atoms with Crippen LogP contribution in [0.4, 0.5) is 38.1 Å². The number of alkyl halides is 6. The number of halogens is 7. The molecule has 1 saturated heterocycles. The third kappa shape index (κ3) is 6.45. The van der Waals surface area contributed by atoms with Gasteiger partial charge in [-0.3, -0.25) is 4.57 Å². The standard InChI is InChI=1S/C24H28BrF6N5OSi/c1-38(2,3)12-11-37-15-36-20-13-17(24(29,30)31)18(25)14-19(20)33-22(36)35-9-7-34(8-10-35)21-16(23(26,27)28)5-4-6-32-21/h4-6,13-14H,7-12,15H2,1-3H3. The second-order valence-electron chi connectivity index (χ2n) is 10.4. The molecule has 0 N–H and O–H groups in total. The number of benzene rings is 1. The van der Waals surface area contributed by atoms with Crippen molar-refractivity contribution in [2.24, 2.45) is 0 Å². The molecule has 3 aromatic rings. The van der Waals surface area contributed by atoms with Crippen molar-refractivity contribution >= 4 is 46.8 Å². The Morgan fingerprint density at radius 2 is 1.58 bits per heavy atom. The van der Waals surface area contributed by atoms with Gasteiger partial charge in [0.2, 0.25) is 5.95 Å². The highest BCUT2D eigenvalue weighted by Crippen LogP contribution is 2.39. The lowest BCUT2D eigenvalue weighted by Gasteiger charge is -2.37. The van der Waals surface area contributed by atoms with Crippen molar-refractivity contribution in [3.05, 3.63) is 46.1 Å². The number of aromatic nitrogens is 3. The Balaban J connectivity index is 1.63. The van der Waals surface area contributed by atoms with Gasteiger partial charge in [-0.05, 0) is 30.3 Å². The van der Waals surface area contributed by atoms with Gasteiger partial charge >= 0.3 is 12.4 Å². The van der Waals surface area contributed by atoms with E-state index in [2.05, 4.69) is 45.5 Å². The Hall–Kier alpha value is -2.32. The number of hydrogen-bond donors (Lipinski definition) is 0. The molecule has 208 valence electrons. The largest absolute Gasteiger partial charge is 0.419 e. The zero-order chi connectivity index (χ0) is 27.9. The summed E-state index contributed by atoms with van der Waals surface area (Å²) < 4.78 is 88.8. The first-order chi connectivity index (χ1) is 17.6. The van der Waals surface area contributed by atoms with Crippen LogP contribution in [0.15, 0.2) is 34.9 Å². The predicted molar refractivity (Wildman–Crippen MR) is 140 cm³/mol. The lowest BCUT2D eigenvalue weighted by atomic mass is 10.2. The van der Waals surface area contributed by atoms with Gasteiger partial charge in [-0.15, -0.1) is 0 Å². The van der Waals surface area contributed by atoms with E-state index in [0.29, 0.717) is 31.2 Å². The summed E-state index contributed by atoms with van der Waals surface area (Å²) in [6.45, 7) is 8.15. The molecule has 0 unspecified atom stereocenters. The Morgan fingerprint density at radius 3 is 2.18 bits per heavy atom. The summed E-state index contributed by atoms with van der Waals surface area (Å²) in [7, 11) is -1.38. The highest BCUT2D eigenvalue weighted by Gasteiger charge is 2.37. The summed E-state index contributed by atoms with van der Waals surface area (Å²) in [4.78, 5) is 12.0. The van der Waals surface area contributed by atoms with E-state index in [0.717, 1.165) is 18.2 Å². The van der Waals surface area contributed by atoms with Crippen molar-refractivity contribution in [2.75, 3.05) is 42.6 Å². The summed E-state index contributed by atoms with van der Waals surface area (Å²) in [5, 5.41) is 0.